The van der Waals surface area contributed by atoms with Gasteiger partial charge in [-0.3, -0.25) is 0 Å². The lowest BCUT2D eigenvalue weighted by Gasteiger charge is -2.24. The molecule has 1 N–H and O–H groups in total. The molecule has 0 spiro atoms. The molecule has 0 unspecified atom stereocenters. The van der Waals surface area contributed by atoms with E-state index in [2.05, 4.69) is 38.0 Å². The van der Waals surface area contributed by atoms with Crippen molar-refractivity contribution in [3.8, 4) is 0 Å². The van der Waals surface area contributed by atoms with Gasteiger partial charge < -0.3 is 10.2 Å². The second-order valence-corrected chi connectivity index (χ2v) is 6.03. The Bertz CT molecular complexity index is 450. The topological polar surface area (TPSA) is 15.3 Å². The van der Waals surface area contributed by atoms with E-state index >= 15 is 0 Å². The highest BCUT2D eigenvalue weighted by Crippen LogP contribution is 2.34. The number of anilines is 2. The van der Waals surface area contributed by atoms with Gasteiger partial charge in [0.2, 0.25) is 0 Å². The average molecular weight is 287 g/mol. The van der Waals surface area contributed by atoms with Crippen LogP contribution in [0.4, 0.5) is 11.4 Å². The van der Waals surface area contributed by atoms with Crippen molar-refractivity contribution in [2.24, 2.45) is 5.92 Å². The first-order valence-electron chi connectivity index (χ1n) is 6.77. The molecular formula is C14H26N2S2. The Kier molecular flexibility index (Phi) is 6.22. The minimum Gasteiger partial charge on any atom is -0.382 e. The molecular weight excluding hydrogens is 260 g/mol. The lowest BCUT2D eigenvalue weighted by molar-refractivity contribution is 0.545. The Labute approximate surface area is 123 Å². The normalized spacial score (nSPS) is 11.2. The van der Waals surface area contributed by atoms with Crippen molar-refractivity contribution in [1.29, 1.82) is 0 Å². The molecule has 0 saturated carbocycles. The number of nitrogens with zero attached hydrogens (tertiary/aromatic N) is 1. The Morgan fingerprint density at radius 2 is 1.89 bits per heavy atom. The fourth-order valence-electron chi connectivity index (χ4n) is 1.96. The molecule has 0 aliphatic carbocycles. The highest BCUT2D eigenvalue weighted by molar-refractivity contribution is 7.74. The SMILES string of the molecule is CCN(C)c1c(NCCCCC(C)C)c(=S)c1=S.[HH]. The third kappa shape index (κ3) is 3.75. The summed E-state index contributed by atoms with van der Waals surface area (Å²) in [6.45, 7) is 8.60. The van der Waals surface area contributed by atoms with Crippen LogP contribution in [0.5, 0.6) is 0 Å². The molecule has 18 heavy (non-hydrogen) atoms. The van der Waals surface area contributed by atoms with Gasteiger partial charge >= 0.3 is 0 Å². The molecule has 2 nitrogen and oxygen atoms in total. The van der Waals surface area contributed by atoms with Gasteiger partial charge in [0.1, 0.15) is 0 Å². The number of hydrogen-bond donors (Lipinski definition) is 1. The van der Waals surface area contributed by atoms with E-state index in [1.165, 1.54) is 19.3 Å². The number of rotatable bonds is 8. The monoisotopic (exact) mass is 286 g/mol. The predicted molar refractivity (Wildman–Crippen MR) is 88.7 cm³/mol. The van der Waals surface area contributed by atoms with Crippen molar-refractivity contribution in [3.05, 3.63) is 9.02 Å². The van der Waals surface area contributed by atoms with Crippen molar-refractivity contribution in [2.75, 3.05) is 30.4 Å². The first-order chi connectivity index (χ1) is 8.49. The van der Waals surface area contributed by atoms with E-state index in [0.29, 0.717) is 0 Å². The molecule has 0 heterocycles. The van der Waals surface area contributed by atoms with E-state index < -0.39 is 0 Å². The van der Waals surface area contributed by atoms with E-state index in [1.807, 2.05) is 0 Å². The van der Waals surface area contributed by atoms with E-state index in [4.69, 9.17) is 24.4 Å². The second kappa shape index (κ2) is 7.19. The maximum absolute atomic E-state index is 5.30. The summed E-state index contributed by atoms with van der Waals surface area (Å²) in [6.07, 6.45) is 3.76. The molecule has 0 fully saturated rings. The van der Waals surface area contributed by atoms with Gasteiger partial charge in [-0.15, -0.1) is 0 Å². The molecule has 0 aliphatic rings. The van der Waals surface area contributed by atoms with Gasteiger partial charge in [-0.1, -0.05) is 51.1 Å². The lowest BCUT2D eigenvalue weighted by atomic mass is 10.1. The summed E-state index contributed by atoms with van der Waals surface area (Å²) < 4.78 is 1.68. The Balaban J connectivity index is 0.00000324. The van der Waals surface area contributed by atoms with Crippen LogP contribution in [0.25, 0.3) is 0 Å². The molecule has 1 aromatic rings. The zero-order valence-electron chi connectivity index (χ0n) is 11.9. The van der Waals surface area contributed by atoms with Crippen molar-refractivity contribution >= 4 is 35.8 Å². The van der Waals surface area contributed by atoms with Gasteiger partial charge in [0, 0.05) is 21.6 Å². The molecule has 0 radical (unpaired) electrons. The van der Waals surface area contributed by atoms with Crippen LogP contribution in [0.15, 0.2) is 0 Å². The van der Waals surface area contributed by atoms with Gasteiger partial charge in [0.25, 0.3) is 0 Å². The van der Waals surface area contributed by atoms with Crippen LogP contribution in [0.1, 0.15) is 41.5 Å². The van der Waals surface area contributed by atoms with Gasteiger partial charge in [0.05, 0.1) is 20.4 Å². The molecule has 4 heteroatoms. The fourth-order valence-corrected chi connectivity index (χ4v) is 2.58. The Hall–Kier alpha value is -0.480. The zero-order valence-corrected chi connectivity index (χ0v) is 13.5. The van der Waals surface area contributed by atoms with Gasteiger partial charge in [-0.2, -0.15) is 0 Å². The molecule has 1 aromatic carbocycles. The predicted octanol–water partition coefficient (Wildman–Crippen LogP) is 4.96. The molecule has 1 rings (SSSR count). The largest absolute Gasteiger partial charge is 0.382 e. The van der Waals surface area contributed by atoms with Crippen LogP contribution in [-0.4, -0.2) is 20.1 Å². The van der Waals surface area contributed by atoms with Crippen LogP contribution < -0.4 is 10.2 Å². The lowest BCUT2D eigenvalue weighted by Crippen LogP contribution is -2.21. The summed E-state index contributed by atoms with van der Waals surface area (Å²) in [5.74, 6) is 0.795. The highest BCUT2D eigenvalue weighted by atomic mass is 32.1. The standard InChI is InChI=1S/C14H24N2S2.H2/c1-5-16(4)12-11(13(17)14(12)18)15-9-7-6-8-10(2)3;/h10,15H,5-9H2,1-4H3;1H. The number of nitrogens with one attached hydrogen (secondary N) is 1. The Morgan fingerprint density at radius 3 is 2.44 bits per heavy atom. The third-order valence-corrected chi connectivity index (χ3v) is 4.19. The van der Waals surface area contributed by atoms with Gasteiger partial charge in [-0.05, 0) is 19.3 Å². The minimum atomic E-state index is 0. The summed E-state index contributed by atoms with van der Waals surface area (Å²) in [7, 11) is 2.06. The average Bonchev–Trinajstić information content (AvgIpc) is 2.35. The van der Waals surface area contributed by atoms with Gasteiger partial charge in [-0.25, -0.2) is 0 Å². The maximum atomic E-state index is 5.30. The smallest absolute Gasteiger partial charge is 0.0834 e. The third-order valence-electron chi connectivity index (χ3n) is 3.25. The van der Waals surface area contributed by atoms with E-state index in [-0.39, 0.29) is 1.43 Å². The number of hydrogen-bond acceptors (Lipinski definition) is 4. The molecule has 0 bridgehead atoms. The van der Waals surface area contributed by atoms with E-state index in [1.54, 1.807) is 0 Å². The van der Waals surface area contributed by atoms with Crippen molar-refractivity contribution < 1.29 is 1.43 Å². The van der Waals surface area contributed by atoms with Crippen molar-refractivity contribution in [1.82, 2.24) is 0 Å². The van der Waals surface area contributed by atoms with E-state index in [9.17, 15) is 0 Å². The molecule has 0 atom stereocenters. The maximum Gasteiger partial charge on any atom is 0.0834 e. The summed E-state index contributed by atoms with van der Waals surface area (Å²) >= 11 is 10.6. The molecule has 104 valence electrons. The summed E-state index contributed by atoms with van der Waals surface area (Å²) in [5.41, 5.74) is 2.21. The first kappa shape index (κ1) is 15.6. The summed E-state index contributed by atoms with van der Waals surface area (Å²) in [5, 5.41) is 3.45. The minimum absolute atomic E-state index is 0. The summed E-state index contributed by atoms with van der Waals surface area (Å²) in [6, 6.07) is 0. The van der Waals surface area contributed by atoms with Crippen molar-refractivity contribution in [2.45, 2.75) is 40.0 Å². The first-order valence-corrected chi connectivity index (χ1v) is 7.59. The van der Waals surface area contributed by atoms with E-state index in [0.717, 1.165) is 39.4 Å². The van der Waals surface area contributed by atoms with Crippen LogP contribution in [0, 0.1) is 14.9 Å². The Morgan fingerprint density at radius 1 is 1.22 bits per heavy atom. The van der Waals surface area contributed by atoms with Gasteiger partial charge in [0.15, 0.2) is 0 Å². The molecule has 0 aromatic heterocycles. The van der Waals surface area contributed by atoms with Crippen LogP contribution in [-0.2, 0) is 0 Å². The fraction of sp³-hybridized carbons (Fsp3) is 0.714. The molecule has 0 saturated heterocycles. The van der Waals surface area contributed by atoms with Crippen LogP contribution >= 0.6 is 24.4 Å². The molecule has 0 aliphatic heterocycles. The van der Waals surface area contributed by atoms with Crippen molar-refractivity contribution in [3.63, 3.8) is 0 Å². The zero-order chi connectivity index (χ0) is 13.7. The quantitative estimate of drug-likeness (QED) is 0.536. The summed E-state index contributed by atoms with van der Waals surface area (Å²) in [4.78, 5) is 2.16. The highest BCUT2D eigenvalue weighted by Gasteiger charge is 2.16. The van der Waals surface area contributed by atoms with Crippen LogP contribution in [0.2, 0.25) is 0 Å². The number of unbranched alkanes of at least 4 members (excludes halogenated alkanes) is 1. The second-order valence-electron chi connectivity index (χ2n) is 5.21. The van der Waals surface area contributed by atoms with Crippen LogP contribution in [0.3, 0.4) is 0 Å². The molecule has 0 amide bonds.